The number of aromatic carboxylic acids is 1. The molecule has 2 saturated carbocycles. The molecule has 0 spiro atoms. The Kier molecular flexibility index (Phi) is 3.36. The summed E-state index contributed by atoms with van der Waals surface area (Å²) in [6.45, 7) is 7.12. The molecule has 2 bridgehead atoms. The summed E-state index contributed by atoms with van der Waals surface area (Å²) in [5.41, 5.74) is 3.52. The molecule has 142 valence electrons. The maximum absolute atomic E-state index is 11.0. The third-order valence-corrected chi connectivity index (χ3v) is 8.04. The lowest BCUT2D eigenvalue weighted by Crippen LogP contribution is -2.54. The Morgan fingerprint density at radius 3 is 2.46 bits per heavy atom. The Balaban J connectivity index is 1.51. The van der Waals surface area contributed by atoms with Gasteiger partial charge in [0.25, 0.3) is 0 Å². The van der Waals surface area contributed by atoms with Gasteiger partial charge in [-0.15, -0.1) is 0 Å². The van der Waals surface area contributed by atoms with Gasteiger partial charge in [0.2, 0.25) is 0 Å². The number of ether oxygens (including phenoxy) is 1. The molecule has 0 saturated heterocycles. The van der Waals surface area contributed by atoms with E-state index in [2.05, 4.69) is 44.7 Å². The molecule has 28 heavy (non-hydrogen) atoms. The van der Waals surface area contributed by atoms with Crippen LogP contribution in [0.15, 0.2) is 42.5 Å². The summed E-state index contributed by atoms with van der Waals surface area (Å²) in [6, 6.07) is 13.0. The van der Waals surface area contributed by atoms with E-state index in [1.54, 1.807) is 24.3 Å². The molecule has 2 fully saturated rings. The first-order chi connectivity index (χ1) is 13.3. The molecule has 0 radical (unpaired) electrons. The molecule has 3 aliphatic rings. The third kappa shape index (κ3) is 2.04. The Bertz CT molecular complexity index is 1060. The second kappa shape index (κ2) is 5.41. The van der Waals surface area contributed by atoms with Crippen LogP contribution in [0.2, 0.25) is 0 Å². The zero-order chi connectivity index (χ0) is 19.7. The van der Waals surface area contributed by atoms with Crippen molar-refractivity contribution in [2.75, 3.05) is 0 Å². The Hall–Kier alpha value is -2.73. The highest BCUT2D eigenvalue weighted by molar-refractivity contribution is 5.87. The first-order valence-electron chi connectivity index (χ1n) is 9.96. The zero-order valence-corrected chi connectivity index (χ0v) is 16.5. The van der Waals surface area contributed by atoms with E-state index in [9.17, 15) is 4.79 Å². The predicted octanol–water partition coefficient (Wildman–Crippen LogP) is 5.01. The van der Waals surface area contributed by atoms with Gasteiger partial charge in [-0.05, 0) is 80.0 Å². The third-order valence-electron chi connectivity index (χ3n) is 8.04. The Morgan fingerprint density at radius 1 is 1.07 bits per heavy atom. The van der Waals surface area contributed by atoms with E-state index in [4.69, 9.17) is 9.84 Å². The van der Waals surface area contributed by atoms with E-state index >= 15 is 0 Å². The van der Waals surface area contributed by atoms with Crippen molar-refractivity contribution in [3.05, 3.63) is 64.7 Å². The number of benzene rings is 2. The van der Waals surface area contributed by atoms with E-state index in [0.29, 0.717) is 5.92 Å². The maximum Gasteiger partial charge on any atom is 0.335 e. The molecule has 2 aromatic rings. The average molecular weight is 372 g/mol. The second-order valence-electron chi connectivity index (χ2n) is 9.18. The molecule has 3 nitrogen and oxygen atoms in total. The zero-order valence-electron chi connectivity index (χ0n) is 16.5. The van der Waals surface area contributed by atoms with E-state index in [-0.39, 0.29) is 22.0 Å². The van der Waals surface area contributed by atoms with Gasteiger partial charge in [0.1, 0.15) is 11.4 Å². The van der Waals surface area contributed by atoms with Gasteiger partial charge in [0.05, 0.1) is 5.56 Å². The summed E-state index contributed by atoms with van der Waals surface area (Å²) >= 11 is 0. The molecule has 4 atom stereocenters. The smallest absolute Gasteiger partial charge is 0.335 e. The number of fused-ring (bicyclic) bond motifs is 7. The molecule has 2 aromatic carbocycles. The van der Waals surface area contributed by atoms with Crippen molar-refractivity contribution in [3.63, 3.8) is 0 Å². The molecule has 1 N–H and O–H groups in total. The average Bonchev–Trinajstić information content (AvgIpc) is 3.24. The molecule has 2 aliphatic carbocycles. The lowest BCUT2D eigenvalue weighted by Gasteiger charge is -2.48. The van der Waals surface area contributed by atoms with Crippen LogP contribution in [0.5, 0.6) is 5.75 Å². The van der Waals surface area contributed by atoms with Crippen LogP contribution < -0.4 is 4.74 Å². The molecule has 0 aromatic heterocycles. The van der Waals surface area contributed by atoms with Gasteiger partial charge < -0.3 is 9.84 Å². The summed E-state index contributed by atoms with van der Waals surface area (Å²) in [6.07, 6.45) is 3.76. The molecule has 3 heteroatoms. The van der Waals surface area contributed by atoms with Gasteiger partial charge in [-0.1, -0.05) is 25.7 Å². The number of rotatable bonds is 1. The summed E-state index contributed by atoms with van der Waals surface area (Å²) in [5.74, 6) is 7.13. The standard InChI is InChI=1S/C25H24O3/c1-23-13-12-19(15-23)25(3)24(23,2)20-14-17(8-11-21(20)28-25)5-4-16-6-9-18(10-7-16)22(26)27/h6-11,14,19H,12-13,15H2,1-3H3,(H,26,27). The molecular weight excluding hydrogens is 348 g/mol. The van der Waals surface area contributed by atoms with Crippen LogP contribution in [-0.2, 0) is 5.41 Å². The van der Waals surface area contributed by atoms with Gasteiger partial charge in [0, 0.05) is 22.1 Å². The molecule has 1 aliphatic heterocycles. The van der Waals surface area contributed by atoms with E-state index in [0.717, 1.165) is 16.9 Å². The number of hydrogen-bond donors (Lipinski definition) is 1. The summed E-state index contributed by atoms with van der Waals surface area (Å²) in [4.78, 5) is 11.0. The number of carboxylic acid groups (broad SMARTS) is 1. The first-order valence-corrected chi connectivity index (χ1v) is 9.96. The fourth-order valence-corrected chi connectivity index (χ4v) is 6.11. The van der Waals surface area contributed by atoms with Crippen LogP contribution in [0.1, 0.15) is 67.1 Å². The van der Waals surface area contributed by atoms with Crippen molar-refractivity contribution < 1.29 is 14.6 Å². The largest absolute Gasteiger partial charge is 0.486 e. The van der Waals surface area contributed by atoms with Crippen molar-refractivity contribution in [2.45, 2.75) is 51.0 Å². The molecule has 1 heterocycles. The van der Waals surface area contributed by atoms with Gasteiger partial charge in [0.15, 0.2) is 0 Å². The Morgan fingerprint density at radius 2 is 1.75 bits per heavy atom. The maximum atomic E-state index is 11.0. The van der Waals surface area contributed by atoms with Crippen LogP contribution in [0, 0.1) is 23.2 Å². The van der Waals surface area contributed by atoms with Crippen LogP contribution >= 0.6 is 0 Å². The molecule has 4 unspecified atom stereocenters. The van der Waals surface area contributed by atoms with Crippen LogP contribution in [0.25, 0.3) is 0 Å². The van der Waals surface area contributed by atoms with E-state index < -0.39 is 5.97 Å². The van der Waals surface area contributed by atoms with Crippen LogP contribution in [0.3, 0.4) is 0 Å². The molecule has 5 rings (SSSR count). The summed E-state index contributed by atoms with van der Waals surface area (Å²) in [7, 11) is 0. The van der Waals surface area contributed by atoms with Crippen molar-refractivity contribution in [1.29, 1.82) is 0 Å². The fraction of sp³-hybridized carbons (Fsp3) is 0.400. The summed E-state index contributed by atoms with van der Waals surface area (Å²) in [5, 5.41) is 9.01. The second-order valence-corrected chi connectivity index (χ2v) is 9.18. The van der Waals surface area contributed by atoms with Gasteiger partial charge in [-0.2, -0.15) is 0 Å². The Labute approximate surface area is 165 Å². The minimum atomic E-state index is -0.922. The van der Waals surface area contributed by atoms with Crippen LogP contribution in [0.4, 0.5) is 0 Å². The highest BCUT2D eigenvalue weighted by Crippen LogP contribution is 2.73. The predicted molar refractivity (Wildman–Crippen MR) is 108 cm³/mol. The monoisotopic (exact) mass is 372 g/mol. The lowest BCUT2D eigenvalue weighted by atomic mass is 9.56. The fourth-order valence-electron chi connectivity index (χ4n) is 6.11. The van der Waals surface area contributed by atoms with Gasteiger partial charge >= 0.3 is 5.97 Å². The molecule has 0 amide bonds. The lowest BCUT2D eigenvalue weighted by molar-refractivity contribution is -0.0260. The summed E-state index contributed by atoms with van der Waals surface area (Å²) < 4.78 is 6.57. The quantitative estimate of drug-likeness (QED) is 0.716. The SMILES string of the molecule is CC12CCC(C1)C1(C)Oc3ccc(C#Cc4ccc(C(=O)O)cc4)cc3C21C. The van der Waals surface area contributed by atoms with Crippen molar-refractivity contribution >= 4 is 5.97 Å². The minimum Gasteiger partial charge on any atom is -0.486 e. The topological polar surface area (TPSA) is 46.5 Å². The van der Waals surface area contributed by atoms with Crippen LogP contribution in [-0.4, -0.2) is 16.7 Å². The number of carbonyl (C=O) groups is 1. The number of carboxylic acids is 1. The minimum absolute atomic E-state index is 0.0130. The van der Waals surface area contributed by atoms with Crippen molar-refractivity contribution in [2.24, 2.45) is 11.3 Å². The molecular formula is C25H24O3. The highest BCUT2D eigenvalue weighted by Gasteiger charge is 2.73. The van der Waals surface area contributed by atoms with Gasteiger partial charge in [-0.3, -0.25) is 0 Å². The first kappa shape index (κ1) is 17.4. The normalized spacial score (nSPS) is 34.2. The number of hydrogen-bond acceptors (Lipinski definition) is 2. The van der Waals surface area contributed by atoms with E-state index in [1.165, 1.54) is 24.8 Å². The highest BCUT2D eigenvalue weighted by atomic mass is 16.5. The van der Waals surface area contributed by atoms with Crippen molar-refractivity contribution in [1.82, 2.24) is 0 Å². The van der Waals surface area contributed by atoms with Gasteiger partial charge in [-0.25, -0.2) is 4.79 Å². The van der Waals surface area contributed by atoms with E-state index in [1.807, 2.05) is 6.07 Å². The van der Waals surface area contributed by atoms with Crippen molar-refractivity contribution in [3.8, 4) is 17.6 Å².